The maximum Gasteiger partial charge on any atom is 0.270 e. The van der Waals surface area contributed by atoms with Crippen LogP contribution in [0.25, 0.3) is 26.5 Å². The summed E-state index contributed by atoms with van der Waals surface area (Å²) in [4.78, 5) is 0. The molecule has 0 atom stereocenters. The van der Waals surface area contributed by atoms with Gasteiger partial charge in [0.2, 0.25) is 11.2 Å². The van der Waals surface area contributed by atoms with E-state index in [0.717, 1.165) is 0 Å². The maximum atomic E-state index is 2.27. The SMILES string of the molecule is C[n+]1c(-c2cc[n+](-c3ccccc3)cc2)sc2ccccc21. The van der Waals surface area contributed by atoms with E-state index in [4.69, 9.17) is 0 Å². The zero-order chi connectivity index (χ0) is 14.9. The van der Waals surface area contributed by atoms with Gasteiger partial charge in [0.15, 0.2) is 12.4 Å². The van der Waals surface area contributed by atoms with E-state index in [1.54, 1.807) is 0 Å². The molecule has 4 rings (SSSR count). The van der Waals surface area contributed by atoms with E-state index in [2.05, 4.69) is 89.2 Å². The topological polar surface area (TPSA) is 7.76 Å². The monoisotopic (exact) mass is 304 g/mol. The van der Waals surface area contributed by atoms with Gasteiger partial charge in [0.05, 0.1) is 5.56 Å². The molecule has 106 valence electrons. The molecule has 0 fully saturated rings. The van der Waals surface area contributed by atoms with E-state index < -0.39 is 0 Å². The molecule has 2 aromatic carbocycles. The van der Waals surface area contributed by atoms with Gasteiger partial charge < -0.3 is 0 Å². The molecule has 0 radical (unpaired) electrons. The van der Waals surface area contributed by atoms with Gasteiger partial charge in [-0.25, -0.2) is 0 Å². The highest BCUT2D eigenvalue weighted by molar-refractivity contribution is 7.21. The number of para-hydroxylation sites is 2. The zero-order valence-electron chi connectivity index (χ0n) is 12.3. The Balaban J connectivity index is 1.78. The molecule has 22 heavy (non-hydrogen) atoms. The van der Waals surface area contributed by atoms with Gasteiger partial charge in [-0.1, -0.05) is 41.7 Å². The average molecular weight is 304 g/mol. The minimum absolute atomic E-state index is 1.18. The Morgan fingerprint density at radius 3 is 2.18 bits per heavy atom. The molecule has 2 nitrogen and oxygen atoms in total. The fourth-order valence-electron chi connectivity index (χ4n) is 2.70. The second-order valence-corrected chi connectivity index (χ2v) is 6.29. The number of fused-ring (bicyclic) bond motifs is 1. The van der Waals surface area contributed by atoms with E-state index >= 15 is 0 Å². The number of hydrogen-bond acceptors (Lipinski definition) is 1. The van der Waals surface area contributed by atoms with Crippen LogP contribution >= 0.6 is 11.3 Å². The summed E-state index contributed by atoms with van der Waals surface area (Å²) >= 11 is 1.83. The third-order valence-electron chi connectivity index (χ3n) is 3.87. The lowest BCUT2D eigenvalue weighted by Crippen LogP contribution is -2.30. The fraction of sp³-hybridized carbons (Fsp3) is 0.0526. The predicted octanol–water partition coefficient (Wildman–Crippen LogP) is 3.67. The molecule has 0 saturated carbocycles. The van der Waals surface area contributed by atoms with E-state index in [1.807, 2.05) is 17.4 Å². The summed E-state index contributed by atoms with van der Waals surface area (Å²) in [5.41, 5.74) is 3.70. The number of pyridine rings is 1. The first-order valence-electron chi connectivity index (χ1n) is 7.27. The molecule has 0 amide bonds. The van der Waals surface area contributed by atoms with E-state index in [9.17, 15) is 0 Å². The van der Waals surface area contributed by atoms with Gasteiger partial charge in [-0.2, -0.15) is 9.13 Å². The van der Waals surface area contributed by atoms with Gasteiger partial charge in [-0.05, 0) is 6.07 Å². The summed E-state index contributed by atoms with van der Waals surface area (Å²) in [5, 5.41) is 1.28. The van der Waals surface area contributed by atoms with Gasteiger partial charge >= 0.3 is 0 Å². The molecule has 0 aliphatic heterocycles. The molecule has 0 aliphatic rings. The van der Waals surface area contributed by atoms with Crippen LogP contribution in [0.2, 0.25) is 0 Å². The molecule has 0 spiro atoms. The minimum Gasteiger partial charge on any atom is -0.184 e. The molecule has 0 unspecified atom stereocenters. The van der Waals surface area contributed by atoms with E-state index in [0.29, 0.717) is 0 Å². The number of aryl methyl sites for hydroxylation is 1. The maximum absolute atomic E-state index is 2.27. The van der Waals surface area contributed by atoms with Gasteiger partial charge in [0, 0.05) is 30.3 Å². The summed E-state index contributed by atoms with van der Waals surface area (Å²) in [6.07, 6.45) is 4.24. The van der Waals surface area contributed by atoms with Gasteiger partial charge in [0.25, 0.3) is 5.01 Å². The summed E-state index contributed by atoms with van der Waals surface area (Å²) in [6, 6.07) is 23.3. The fourth-order valence-corrected chi connectivity index (χ4v) is 3.85. The smallest absolute Gasteiger partial charge is 0.184 e. The molecule has 3 heteroatoms. The molecule has 0 saturated heterocycles. The van der Waals surface area contributed by atoms with Crippen molar-refractivity contribution in [3.8, 4) is 16.3 Å². The Hall–Kier alpha value is -2.52. The van der Waals surface area contributed by atoms with Crippen molar-refractivity contribution in [2.75, 3.05) is 0 Å². The summed E-state index contributed by atoms with van der Waals surface area (Å²) < 4.78 is 5.72. The molecule has 2 heterocycles. The van der Waals surface area contributed by atoms with Gasteiger partial charge in [-0.3, -0.25) is 0 Å². The van der Waals surface area contributed by atoms with Crippen molar-refractivity contribution in [2.45, 2.75) is 0 Å². The highest BCUT2D eigenvalue weighted by atomic mass is 32.1. The Bertz CT molecular complexity index is 925. The standard InChI is InChI=1S/C19H16N2S/c1-20-17-9-5-6-10-18(17)22-19(20)15-11-13-21(14-12-15)16-7-3-2-4-8-16/h2-14H,1H3/q+2. The van der Waals surface area contributed by atoms with Crippen molar-refractivity contribution in [2.24, 2.45) is 7.05 Å². The van der Waals surface area contributed by atoms with Crippen LogP contribution in [0.4, 0.5) is 0 Å². The first-order chi connectivity index (χ1) is 10.8. The Morgan fingerprint density at radius 2 is 1.45 bits per heavy atom. The lowest BCUT2D eigenvalue weighted by molar-refractivity contribution is -0.629. The first-order valence-corrected chi connectivity index (χ1v) is 8.09. The first kappa shape index (κ1) is 13.2. The molecule has 0 bridgehead atoms. The largest absolute Gasteiger partial charge is 0.270 e. The van der Waals surface area contributed by atoms with Crippen LogP contribution < -0.4 is 9.13 Å². The summed E-state index contributed by atoms with van der Waals surface area (Å²) in [7, 11) is 2.13. The molecule has 4 aromatic rings. The second kappa shape index (κ2) is 5.35. The Morgan fingerprint density at radius 1 is 0.773 bits per heavy atom. The van der Waals surface area contributed by atoms with Gasteiger partial charge in [-0.15, -0.1) is 0 Å². The second-order valence-electron chi connectivity index (χ2n) is 5.26. The van der Waals surface area contributed by atoms with E-state index in [-0.39, 0.29) is 0 Å². The molecule has 2 aromatic heterocycles. The van der Waals surface area contributed by atoms with Crippen LogP contribution in [0.15, 0.2) is 79.1 Å². The highest BCUT2D eigenvalue weighted by Crippen LogP contribution is 2.27. The molecule has 0 N–H and O–H groups in total. The predicted molar refractivity (Wildman–Crippen MR) is 90.0 cm³/mol. The van der Waals surface area contributed by atoms with Crippen LogP contribution in [0, 0.1) is 0 Å². The van der Waals surface area contributed by atoms with Crippen molar-refractivity contribution in [3.05, 3.63) is 79.1 Å². The number of nitrogens with zero attached hydrogens (tertiary/aromatic N) is 2. The van der Waals surface area contributed by atoms with Crippen molar-refractivity contribution >= 4 is 21.6 Å². The lowest BCUT2D eigenvalue weighted by Gasteiger charge is -1.96. The van der Waals surface area contributed by atoms with E-state index in [1.165, 1.54) is 26.5 Å². The third-order valence-corrected chi connectivity index (χ3v) is 5.14. The third kappa shape index (κ3) is 2.20. The van der Waals surface area contributed by atoms with Crippen molar-refractivity contribution < 1.29 is 9.13 Å². The van der Waals surface area contributed by atoms with Crippen LogP contribution in [-0.4, -0.2) is 0 Å². The molecule has 0 aliphatic carbocycles. The Labute approximate surface area is 133 Å². The zero-order valence-corrected chi connectivity index (χ0v) is 13.1. The van der Waals surface area contributed by atoms with Crippen LogP contribution in [0.5, 0.6) is 0 Å². The number of hydrogen-bond donors (Lipinski definition) is 0. The van der Waals surface area contributed by atoms with Crippen molar-refractivity contribution in [1.29, 1.82) is 0 Å². The minimum atomic E-state index is 1.18. The van der Waals surface area contributed by atoms with Crippen LogP contribution in [0.3, 0.4) is 0 Å². The number of rotatable bonds is 2. The Kier molecular flexibility index (Phi) is 3.20. The molecular formula is C19H16N2S+2. The van der Waals surface area contributed by atoms with Crippen molar-refractivity contribution in [1.82, 2.24) is 0 Å². The average Bonchev–Trinajstić information content (AvgIpc) is 2.93. The van der Waals surface area contributed by atoms with Crippen LogP contribution in [-0.2, 0) is 7.05 Å². The summed E-state index contributed by atoms with van der Waals surface area (Å²) in [6.45, 7) is 0. The number of benzene rings is 2. The van der Waals surface area contributed by atoms with Gasteiger partial charge in [0.1, 0.15) is 11.7 Å². The highest BCUT2D eigenvalue weighted by Gasteiger charge is 2.19. The quantitative estimate of drug-likeness (QED) is 0.499. The summed E-state index contributed by atoms with van der Waals surface area (Å²) in [5.74, 6) is 0. The number of thiazole rings is 1. The normalized spacial score (nSPS) is 11.0. The number of aromatic nitrogens is 2. The van der Waals surface area contributed by atoms with Crippen molar-refractivity contribution in [3.63, 3.8) is 0 Å². The lowest BCUT2D eigenvalue weighted by atomic mass is 10.2. The van der Waals surface area contributed by atoms with Crippen LogP contribution in [0.1, 0.15) is 0 Å². The molecular weight excluding hydrogens is 288 g/mol.